The van der Waals surface area contributed by atoms with Crippen molar-refractivity contribution in [3.63, 3.8) is 0 Å². The number of nitrogens with zero attached hydrogens (tertiary/aromatic N) is 2. The predicted molar refractivity (Wildman–Crippen MR) is 99.1 cm³/mol. The number of hydrogen-bond donors (Lipinski definition) is 1. The zero-order chi connectivity index (χ0) is 17.9. The molecule has 0 radical (unpaired) electrons. The van der Waals surface area contributed by atoms with Gasteiger partial charge in [0.25, 0.3) is 0 Å². The minimum absolute atomic E-state index is 0.366. The van der Waals surface area contributed by atoms with Crippen LogP contribution in [0.4, 0.5) is 0 Å². The number of benzene rings is 1. The molecule has 1 atom stereocenters. The van der Waals surface area contributed by atoms with Gasteiger partial charge in [0.05, 0.1) is 16.5 Å². The Morgan fingerprint density at radius 1 is 1.21 bits per heavy atom. The van der Waals surface area contributed by atoms with E-state index < -0.39 is 5.97 Å². The van der Waals surface area contributed by atoms with E-state index in [0.717, 1.165) is 18.4 Å². The van der Waals surface area contributed by atoms with E-state index in [0.29, 0.717) is 41.1 Å². The van der Waals surface area contributed by atoms with Crippen molar-refractivity contribution < 1.29 is 9.90 Å². The molecule has 0 saturated carbocycles. The molecule has 1 aromatic heterocycles. The molecule has 1 N–H and O–H groups in total. The molecule has 24 heavy (non-hydrogen) atoms. The number of aromatic nitrogens is 2. The van der Waals surface area contributed by atoms with Gasteiger partial charge in [0.1, 0.15) is 5.52 Å². The molecule has 0 aliphatic heterocycles. The van der Waals surface area contributed by atoms with E-state index in [1.807, 2.05) is 23.6 Å². The van der Waals surface area contributed by atoms with Crippen molar-refractivity contribution in [3.8, 4) is 0 Å². The van der Waals surface area contributed by atoms with Crippen molar-refractivity contribution in [3.05, 3.63) is 28.0 Å². The Bertz CT molecular complexity index is 723. The van der Waals surface area contributed by atoms with Gasteiger partial charge in [0.2, 0.25) is 5.28 Å². The number of halogens is 2. The Labute approximate surface area is 152 Å². The zero-order valence-electron chi connectivity index (χ0n) is 14.4. The molecule has 6 heteroatoms. The van der Waals surface area contributed by atoms with Crippen LogP contribution in [0.2, 0.25) is 10.3 Å². The SMILES string of the molecule is CCC(CCn1c(Cl)nc2c(Cl)ccc(C(CC)CC)c21)C(=O)O. The number of carbonyl (C=O) groups is 1. The summed E-state index contributed by atoms with van der Waals surface area (Å²) in [6.45, 7) is 6.73. The first-order chi connectivity index (χ1) is 11.4. The maximum absolute atomic E-state index is 11.3. The van der Waals surface area contributed by atoms with E-state index in [-0.39, 0.29) is 5.92 Å². The summed E-state index contributed by atoms with van der Waals surface area (Å²) in [5, 5.41) is 10.2. The predicted octanol–water partition coefficient (Wildman–Crippen LogP) is 5.75. The van der Waals surface area contributed by atoms with Gasteiger partial charge in [0, 0.05) is 6.54 Å². The molecule has 0 aliphatic rings. The van der Waals surface area contributed by atoms with Crippen LogP contribution < -0.4 is 0 Å². The quantitative estimate of drug-likeness (QED) is 0.643. The summed E-state index contributed by atoms with van der Waals surface area (Å²) in [6, 6.07) is 3.92. The van der Waals surface area contributed by atoms with Gasteiger partial charge in [-0.3, -0.25) is 4.79 Å². The second-order valence-corrected chi connectivity index (χ2v) is 6.86. The average molecular weight is 371 g/mol. The van der Waals surface area contributed by atoms with Crippen molar-refractivity contribution >= 4 is 40.2 Å². The molecule has 2 aromatic rings. The van der Waals surface area contributed by atoms with Crippen LogP contribution in [0.25, 0.3) is 11.0 Å². The number of carboxylic acid groups (broad SMARTS) is 1. The van der Waals surface area contributed by atoms with Crippen molar-refractivity contribution in [1.82, 2.24) is 9.55 Å². The lowest BCUT2D eigenvalue weighted by molar-refractivity contribution is -0.142. The second kappa shape index (κ2) is 8.21. The third kappa shape index (κ3) is 3.70. The lowest BCUT2D eigenvalue weighted by atomic mass is 9.92. The van der Waals surface area contributed by atoms with E-state index in [2.05, 4.69) is 18.8 Å². The monoisotopic (exact) mass is 370 g/mol. The van der Waals surface area contributed by atoms with E-state index in [9.17, 15) is 9.90 Å². The third-order valence-corrected chi connectivity index (χ3v) is 5.39. The number of aliphatic carboxylic acids is 1. The zero-order valence-corrected chi connectivity index (χ0v) is 15.9. The molecule has 1 aromatic carbocycles. The summed E-state index contributed by atoms with van der Waals surface area (Å²) in [4.78, 5) is 15.7. The Hall–Kier alpha value is -1.26. The van der Waals surface area contributed by atoms with Gasteiger partial charge >= 0.3 is 5.97 Å². The average Bonchev–Trinajstić information content (AvgIpc) is 2.88. The second-order valence-electron chi connectivity index (χ2n) is 6.11. The van der Waals surface area contributed by atoms with Gasteiger partial charge in [-0.05, 0) is 54.8 Å². The molecular weight excluding hydrogens is 347 g/mol. The topological polar surface area (TPSA) is 55.1 Å². The van der Waals surface area contributed by atoms with Crippen LogP contribution in [0.5, 0.6) is 0 Å². The maximum Gasteiger partial charge on any atom is 0.306 e. The molecule has 132 valence electrons. The lowest BCUT2D eigenvalue weighted by Gasteiger charge is -2.17. The van der Waals surface area contributed by atoms with E-state index >= 15 is 0 Å². The number of imidazole rings is 1. The Morgan fingerprint density at radius 2 is 1.88 bits per heavy atom. The number of rotatable bonds is 8. The van der Waals surface area contributed by atoms with E-state index in [1.54, 1.807) is 0 Å². The summed E-state index contributed by atoms with van der Waals surface area (Å²) in [5.74, 6) is -0.747. The Balaban J connectivity index is 2.50. The third-order valence-electron chi connectivity index (χ3n) is 4.80. The highest BCUT2D eigenvalue weighted by Gasteiger charge is 2.21. The van der Waals surface area contributed by atoms with Crippen LogP contribution in [0.15, 0.2) is 12.1 Å². The summed E-state index contributed by atoms with van der Waals surface area (Å²) < 4.78 is 1.92. The smallest absolute Gasteiger partial charge is 0.306 e. The van der Waals surface area contributed by atoms with Gasteiger partial charge in [-0.1, -0.05) is 38.4 Å². The minimum Gasteiger partial charge on any atom is -0.481 e. The largest absolute Gasteiger partial charge is 0.481 e. The molecule has 4 nitrogen and oxygen atoms in total. The van der Waals surface area contributed by atoms with Gasteiger partial charge in [-0.2, -0.15) is 0 Å². The Kier molecular flexibility index (Phi) is 6.53. The minimum atomic E-state index is -0.767. The normalized spacial score (nSPS) is 12.9. The van der Waals surface area contributed by atoms with Gasteiger partial charge in [-0.15, -0.1) is 0 Å². The van der Waals surface area contributed by atoms with Gasteiger partial charge in [0.15, 0.2) is 0 Å². The summed E-state index contributed by atoms with van der Waals surface area (Å²) in [5.41, 5.74) is 2.83. The fraction of sp³-hybridized carbons (Fsp3) is 0.556. The first kappa shape index (κ1) is 19.1. The molecule has 0 spiro atoms. The van der Waals surface area contributed by atoms with Crippen LogP contribution in [0.1, 0.15) is 57.9 Å². The number of carboxylic acids is 1. The lowest BCUT2D eigenvalue weighted by Crippen LogP contribution is -2.15. The number of hydrogen-bond acceptors (Lipinski definition) is 2. The van der Waals surface area contributed by atoms with Gasteiger partial charge < -0.3 is 9.67 Å². The summed E-state index contributed by atoms with van der Waals surface area (Å²) in [6.07, 6.45) is 3.15. The summed E-state index contributed by atoms with van der Waals surface area (Å²) >= 11 is 12.7. The molecule has 0 aliphatic carbocycles. The summed E-state index contributed by atoms with van der Waals surface area (Å²) in [7, 11) is 0. The molecule has 1 heterocycles. The first-order valence-electron chi connectivity index (χ1n) is 8.51. The van der Waals surface area contributed by atoms with E-state index in [4.69, 9.17) is 23.2 Å². The van der Waals surface area contributed by atoms with Crippen LogP contribution in [0, 0.1) is 5.92 Å². The maximum atomic E-state index is 11.3. The molecule has 0 fully saturated rings. The van der Waals surface area contributed by atoms with Gasteiger partial charge in [-0.25, -0.2) is 4.98 Å². The highest BCUT2D eigenvalue weighted by atomic mass is 35.5. The molecular formula is C18H24Cl2N2O2. The fourth-order valence-electron chi connectivity index (χ4n) is 3.25. The highest BCUT2D eigenvalue weighted by Crippen LogP contribution is 2.35. The first-order valence-corrected chi connectivity index (χ1v) is 9.26. The molecule has 1 unspecified atom stereocenters. The molecule has 0 saturated heterocycles. The molecule has 0 amide bonds. The Morgan fingerprint density at radius 3 is 2.42 bits per heavy atom. The number of aryl methyl sites for hydroxylation is 1. The fourth-order valence-corrected chi connectivity index (χ4v) is 3.70. The van der Waals surface area contributed by atoms with E-state index in [1.165, 1.54) is 5.56 Å². The van der Waals surface area contributed by atoms with Crippen molar-refractivity contribution in [2.45, 2.75) is 58.9 Å². The van der Waals surface area contributed by atoms with Crippen molar-refractivity contribution in [2.24, 2.45) is 5.92 Å². The standard InChI is InChI=1S/C18H24Cl2N2O2/c1-4-11(5-2)13-7-8-14(19)15-16(13)22(18(20)21-15)10-9-12(6-3)17(23)24/h7-8,11-12H,4-6,9-10H2,1-3H3,(H,23,24). The van der Waals surface area contributed by atoms with Crippen LogP contribution in [-0.2, 0) is 11.3 Å². The number of fused-ring (bicyclic) bond motifs is 1. The molecule has 0 bridgehead atoms. The van der Waals surface area contributed by atoms with Crippen molar-refractivity contribution in [2.75, 3.05) is 0 Å². The molecule has 2 rings (SSSR count). The highest BCUT2D eigenvalue weighted by molar-refractivity contribution is 6.36. The van der Waals surface area contributed by atoms with Crippen molar-refractivity contribution in [1.29, 1.82) is 0 Å². The van der Waals surface area contributed by atoms with Crippen LogP contribution in [0.3, 0.4) is 0 Å². The van der Waals surface area contributed by atoms with Crippen LogP contribution >= 0.6 is 23.2 Å². The van der Waals surface area contributed by atoms with Crippen LogP contribution in [-0.4, -0.2) is 20.6 Å².